The van der Waals surface area contributed by atoms with Gasteiger partial charge in [0.1, 0.15) is 12.4 Å². The Morgan fingerprint density at radius 2 is 1.54 bits per heavy atom. The highest BCUT2D eigenvalue weighted by atomic mass is 16.6. The van der Waals surface area contributed by atoms with Crippen molar-refractivity contribution in [3.05, 3.63) is 28.8 Å². The molecule has 0 N–H and O–H groups in total. The maximum Gasteiger partial charge on any atom is 0.320 e. The lowest BCUT2D eigenvalue weighted by atomic mass is 10.1. The first-order valence-corrected chi connectivity index (χ1v) is 9.02. The summed E-state index contributed by atoms with van der Waals surface area (Å²) in [4.78, 5) is 23.7. The number of hydrogen-bond donors (Lipinski definition) is 0. The maximum absolute atomic E-state index is 11.9. The Bertz CT molecular complexity index is 578. The largest absolute Gasteiger partial charge is 0.491 e. The molecule has 0 bridgehead atoms. The minimum absolute atomic E-state index is 0.221. The quantitative estimate of drug-likeness (QED) is 0.340. The molecule has 0 aliphatic heterocycles. The van der Waals surface area contributed by atoms with E-state index in [1.807, 2.05) is 19.9 Å². The molecule has 0 amide bonds. The zero-order valence-corrected chi connectivity index (χ0v) is 16.4. The lowest BCUT2D eigenvalue weighted by molar-refractivity contribution is -0.162. The van der Waals surface area contributed by atoms with Crippen LogP contribution in [0.5, 0.6) is 5.75 Å². The van der Waals surface area contributed by atoms with E-state index in [2.05, 4.69) is 13.0 Å². The van der Waals surface area contributed by atoms with E-state index < -0.39 is 17.9 Å². The first-order valence-electron chi connectivity index (χ1n) is 9.02. The standard InChI is InChI=1S/C20H30O6/c1-6-24-19(21)17(20(22)25-7-2)8-9-23-10-11-26-18-13-14(3)12-15(4)16(18)5/h12-13,17H,6-11H2,1-5H3. The number of aryl methyl sites for hydroxylation is 2. The van der Waals surface area contributed by atoms with Gasteiger partial charge >= 0.3 is 11.9 Å². The molecule has 6 heteroatoms. The highest BCUT2D eigenvalue weighted by Crippen LogP contribution is 2.23. The van der Waals surface area contributed by atoms with E-state index in [0.717, 1.165) is 16.9 Å². The molecule has 1 aromatic carbocycles. The number of rotatable bonds is 11. The van der Waals surface area contributed by atoms with Crippen LogP contribution in [0.2, 0.25) is 0 Å². The molecule has 0 spiro atoms. The summed E-state index contributed by atoms with van der Waals surface area (Å²) in [7, 11) is 0. The van der Waals surface area contributed by atoms with Gasteiger partial charge in [0.25, 0.3) is 0 Å². The minimum Gasteiger partial charge on any atom is -0.491 e. The van der Waals surface area contributed by atoms with Crippen LogP contribution < -0.4 is 4.74 Å². The number of esters is 2. The number of hydrogen-bond acceptors (Lipinski definition) is 6. The fourth-order valence-corrected chi connectivity index (χ4v) is 2.48. The van der Waals surface area contributed by atoms with Crippen molar-refractivity contribution >= 4 is 11.9 Å². The molecule has 26 heavy (non-hydrogen) atoms. The predicted octanol–water partition coefficient (Wildman–Crippen LogP) is 3.14. The molecule has 1 rings (SSSR count). The van der Waals surface area contributed by atoms with Crippen molar-refractivity contribution in [1.29, 1.82) is 0 Å². The van der Waals surface area contributed by atoms with E-state index in [4.69, 9.17) is 18.9 Å². The van der Waals surface area contributed by atoms with Gasteiger partial charge in [-0.1, -0.05) is 6.07 Å². The molecule has 1 aromatic rings. The van der Waals surface area contributed by atoms with Gasteiger partial charge < -0.3 is 18.9 Å². The van der Waals surface area contributed by atoms with Gasteiger partial charge in [0, 0.05) is 6.61 Å². The van der Waals surface area contributed by atoms with Crippen molar-refractivity contribution in [3.63, 3.8) is 0 Å². The molecular formula is C20H30O6. The first kappa shape index (κ1) is 22.0. The molecule has 0 radical (unpaired) electrons. The van der Waals surface area contributed by atoms with Gasteiger partial charge in [-0.2, -0.15) is 0 Å². The monoisotopic (exact) mass is 366 g/mol. The lowest BCUT2D eigenvalue weighted by Crippen LogP contribution is -2.29. The molecule has 0 saturated carbocycles. The van der Waals surface area contributed by atoms with Crippen LogP contribution in [-0.2, 0) is 23.8 Å². The summed E-state index contributed by atoms with van der Waals surface area (Å²) in [5, 5.41) is 0. The molecule has 0 unspecified atom stereocenters. The Morgan fingerprint density at radius 1 is 0.923 bits per heavy atom. The van der Waals surface area contributed by atoms with Crippen molar-refractivity contribution in [2.45, 2.75) is 41.0 Å². The maximum atomic E-state index is 11.9. The van der Waals surface area contributed by atoms with Crippen molar-refractivity contribution in [2.75, 3.05) is 33.0 Å². The van der Waals surface area contributed by atoms with Crippen LogP contribution in [0.3, 0.4) is 0 Å². The molecule has 0 aliphatic rings. The van der Waals surface area contributed by atoms with Crippen LogP contribution in [0.4, 0.5) is 0 Å². The number of carbonyl (C=O) groups excluding carboxylic acids is 2. The summed E-state index contributed by atoms with van der Waals surface area (Å²) in [6.07, 6.45) is 0.222. The molecule has 0 aliphatic carbocycles. The van der Waals surface area contributed by atoms with Crippen molar-refractivity contribution in [2.24, 2.45) is 5.92 Å². The normalized spacial score (nSPS) is 10.7. The fraction of sp³-hybridized carbons (Fsp3) is 0.600. The Hall–Kier alpha value is -2.08. The SMILES string of the molecule is CCOC(=O)C(CCOCCOc1cc(C)cc(C)c1C)C(=O)OCC. The Morgan fingerprint density at radius 3 is 2.12 bits per heavy atom. The molecule has 0 saturated heterocycles. The molecule has 0 heterocycles. The zero-order chi connectivity index (χ0) is 19.5. The van der Waals surface area contributed by atoms with Crippen LogP contribution in [0.1, 0.15) is 37.0 Å². The minimum atomic E-state index is -0.947. The summed E-state index contributed by atoms with van der Waals surface area (Å²) < 4.78 is 21.1. The Balaban J connectivity index is 2.39. The van der Waals surface area contributed by atoms with Gasteiger partial charge in [-0.25, -0.2) is 0 Å². The average Bonchev–Trinajstić information content (AvgIpc) is 2.58. The first-order chi connectivity index (χ1) is 12.4. The van der Waals surface area contributed by atoms with E-state index in [0.29, 0.717) is 13.2 Å². The summed E-state index contributed by atoms with van der Waals surface area (Å²) >= 11 is 0. The number of ether oxygens (including phenoxy) is 4. The predicted molar refractivity (Wildman–Crippen MR) is 98.3 cm³/mol. The lowest BCUT2D eigenvalue weighted by Gasteiger charge is -2.15. The Labute approximate surface area is 155 Å². The Kier molecular flexibility index (Phi) is 9.73. The van der Waals surface area contributed by atoms with E-state index in [-0.39, 0.29) is 26.2 Å². The highest BCUT2D eigenvalue weighted by Gasteiger charge is 2.29. The average molecular weight is 366 g/mol. The van der Waals surface area contributed by atoms with E-state index in [1.165, 1.54) is 5.56 Å². The van der Waals surface area contributed by atoms with Gasteiger partial charge in [-0.3, -0.25) is 9.59 Å². The topological polar surface area (TPSA) is 71.1 Å². The number of carbonyl (C=O) groups is 2. The van der Waals surface area contributed by atoms with E-state index >= 15 is 0 Å². The van der Waals surface area contributed by atoms with Gasteiger partial charge in [0.15, 0.2) is 5.92 Å². The zero-order valence-electron chi connectivity index (χ0n) is 16.4. The summed E-state index contributed by atoms with van der Waals surface area (Å²) in [6.45, 7) is 10.9. The van der Waals surface area contributed by atoms with Gasteiger partial charge in [0.2, 0.25) is 0 Å². The summed E-state index contributed by atoms with van der Waals surface area (Å²) in [5.74, 6) is -1.24. The molecule has 146 valence electrons. The van der Waals surface area contributed by atoms with Crippen molar-refractivity contribution < 1.29 is 28.5 Å². The third kappa shape index (κ3) is 7.04. The van der Waals surface area contributed by atoms with Gasteiger partial charge in [0.05, 0.1) is 19.8 Å². The van der Waals surface area contributed by atoms with Crippen LogP contribution in [-0.4, -0.2) is 45.0 Å². The second kappa shape index (κ2) is 11.5. The second-order valence-electron chi connectivity index (χ2n) is 6.01. The van der Waals surface area contributed by atoms with Gasteiger partial charge in [-0.05, 0) is 63.8 Å². The number of benzene rings is 1. The molecular weight excluding hydrogens is 336 g/mol. The van der Waals surface area contributed by atoms with Crippen LogP contribution in [0.25, 0.3) is 0 Å². The molecule has 0 aromatic heterocycles. The van der Waals surface area contributed by atoms with Crippen molar-refractivity contribution in [1.82, 2.24) is 0 Å². The smallest absolute Gasteiger partial charge is 0.320 e. The molecule has 6 nitrogen and oxygen atoms in total. The van der Waals surface area contributed by atoms with E-state index in [1.54, 1.807) is 13.8 Å². The third-order valence-electron chi connectivity index (χ3n) is 3.94. The molecule has 0 atom stereocenters. The third-order valence-corrected chi connectivity index (χ3v) is 3.94. The van der Waals surface area contributed by atoms with Crippen LogP contribution >= 0.6 is 0 Å². The molecule has 0 fully saturated rings. The highest BCUT2D eigenvalue weighted by molar-refractivity contribution is 5.94. The second-order valence-corrected chi connectivity index (χ2v) is 6.01. The summed E-state index contributed by atoms with van der Waals surface area (Å²) in [5.41, 5.74) is 3.45. The summed E-state index contributed by atoms with van der Waals surface area (Å²) in [6, 6.07) is 4.11. The van der Waals surface area contributed by atoms with Crippen molar-refractivity contribution in [3.8, 4) is 5.75 Å². The van der Waals surface area contributed by atoms with E-state index in [9.17, 15) is 9.59 Å². The van der Waals surface area contributed by atoms with Crippen LogP contribution in [0, 0.1) is 26.7 Å². The van der Waals surface area contributed by atoms with Gasteiger partial charge in [-0.15, -0.1) is 0 Å². The fourth-order valence-electron chi connectivity index (χ4n) is 2.48. The van der Waals surface area contributed by atoms with Crippen LogP contribution in [0.15, 0.2) is 12.1 Å².